The standard InChI is InChI=1S/C17H22ClF3/c1-11-7-8-13(9-12(11)2)10-16(18)14-5-3-4-6-15(14)17(19,20)21/h7-9,14-16H,3-6,10H2,1-2H3. The highest BCUT2D eigenvalue weighted by Gasteiger charge is 2.47. The Balaban J connectivity index is 2.10. The van der Waals surface area contributed by atoms with Gasteiger partial charge in [-0.2, -0.15) is 13.2 Å². The molecule has 0 nitrogen and oxygen atoms in total. The van der Waals surface area contributed by atoms with Crippen molar-refractivity contribution in [1.29, 1.82) is 0 Å². The molecule has 1 aliphatic rings. The Morgan fingerprint density at radius 3 is 2.43 bits per heavy atom. The topological polar surface area (TPSA) is 0 Å². The average molecular weight is 319 g/mol. The van der Waals surface area contributed by atoms with Gasteiger partial charge in [0.15, 0.2) is 0 Å². The van der Waals surface area contributed by atoms with Gasteiger partial charge in [0.1, 0.15) is 0 Å². The predicted molar refractivity (Wildman–Crippen MR) is 80.8 cm³/mol. The molecule has 1 fully saturated rings. The third-order valence-electron chi connectivity index (χ3n) is 4.71. The monoisotopic (exact) mass is 318 g/mol. The number of rotatable bonds is 3. The Labute approximate surface area is 129 Å². The quantitative estimate of drug-likeness (QED) is 0.616. The van der Waals surface area contributed by atoms with Crippen molar-refractivity contribution in [1.82, 2.24) is 0 Å². The molecule has 3 atom stereocenters. The van der Waals surface area contributed by atoms with Crippen molar-refractivity contribution in [2.75, 3.05) is 0 Å². The first-order valence-corrected chi connectivity index (χ1v) is 7.99. The summed E-state index contributed by atoms with van der Waals surface area (Å²) in [4.78, 5) is 0. The summed E-state index contributed by atoms with van der Waals surface area (Å²) in [5.74, 6) is -1.69. The SMILES string of the molecule is Cc1ccc(CC(Cl)C2CCCCC2C(F)(F)F)cc1C. The number of aryl methyl sites for hydroxylation is 2. The second kappa shape index (κ2) is 6.60. The molecule has 1 aromatic rings. The molecule has 21 heavy (non-hydrogen) atoms. The van der Waals surface area contributed by atoms with E-state index < -0.39 is 23.4 Å². The van der Waals surface area contributed by atoms with Gasteiger partial charge in [-0.3, -0.25) is 0 Å². The molecule has 2 rings (SSSR count). The third-order valence-corrected chi connectivity index (χ3v) is 5.18. The molecule has 4 heteroatoms. The van der Waals surface area contributed by atoms with Crippen LogP contribution >= 0.6 is 11.6 Å². The van der Waals surface area contributed by atoms with E-state index >= 15 is 0 Å². The molecule has 0 bridgehead atoms. The molecule has 118 valence electrons. The first-order valence-electron chi connectivity index (χ1n) is 7.56. The van der Waals surface area contributed by atoms with Gasteiger partial charge in [-0.1, -0.05) is 31.0 Å². The molecule has 0 aromatic heterocycles. The Morgan fingerprint density at radius 1 is 1.14 bits per heavy atom. The van der Waals surface area contributed by atoms with Gasteiger partial charge < -0.3 is 0 Å². The van der Waals surface area contributed by atoms with Gasteiger partial charge in [0.2, 0.25) is 0 Å². The first kappa shape index (κ1) is 16.7. The lowest BCUT2D eigenvalue weighted by molar-refractivity contribution is -0.196. The van der Waals surface area contributed by atoms with Crippen LogP contribution < -0.4 is 0 Å². The summed E-state index contributed by atoms with van der Waals surface area (Å²) in [7, 11) is 0. The highest BCUT2D eigenvalue weighted by molar-refractivity contribution is 6.21. The molecule has 0 spiro atoms. The zero-order valence-corrected chi connectivity index (χ0v) is 13.3. The number of hydrogen-bond acceptors (Lipinski definition) is 0. The van der Waals surface area contributed by atoms with Gasteiger partial charge >= 0.3 is 6.18 Å². The summed E-state index contributed by atoms with van der Waals surface area (Å²) in [6, 6.07) is 6.02. The molecule has 0 aliphatic heterocycles. The number of benzene rings is 1. The first-order chi connectivity index (χ1) is 9.79. The lowest BCUT2D eigenvalue weighted by Crippen LogP contribution is -2.38. The van der Waals surface area contributed by atoms with Crippen molar-refractivity contribution in [3.05, 3.63) is 34.9 Å². The van der Waals surface area contributed by atoms with E-state index in [1.165, 1.54) is 5.56 Å². The largest absolute Gasteiger partial charge is 0.392 e. The van der Waals surface area contributed by atoms with Crippen molar-refractivity contribution in [2.45, 2.75) is 57.5 Å². The zero-order valence-electron chi connectivity index (χ0n) is 12.5. The van der Waals surface area contributed by atoms with Crippen LogP contribution in [0.3, 0.4) is 0 Å². The maximum atomic E-state index is 13.1. The summed E-state index contributed by atoms with van der Waals surface area (Å²) in [6.07, 6.45) is -1.28. The van der Waals surface area contributed by atoms with E-state index in [1.807, 2.05) is 32.0 Å². The van der Waals surface area contributed by atoms with Crippen LogP contribution in [0.15, 0.2) is 18.2 Å². The van der Waals surface area contributed by atoms with Gasteiger partial charge in [0.25, 0.3) is 0 Å². The summed E-state index contributed by atoms with van der Waals surface area (Å²) >= 11 is 6.39. The van der Waals surface area contributed by atoms with Crippen LogP contribution in [-0.4, -0.2) is 11.6 Å². The predicted octanol–water partition coefficient (Wildman–Crippen LogP) is 5.82. The molecule has 0 amide bonds. The van der Waals surface area contributed by atoms with Crippen molar-refractivity contribution in [2.24, 2.45) is 11.8 Å². The van der Waals surface area contributed by atoms with E-state index in [1.54, 1.807) is 0 Å². The van der Waals surface area contributed by atoms with Crippen molar-refractivity contribution in [3.8, 4) is 0 Å². The van der Waals surface area contributed by atoms with Gasteiger partial charge in [-0.15, -0.1) is 11.6 Å². The van der Waals surface area contributed by atoms with Gasteiger partial charge in [-0.05, 0) is 55.7 Å². The summed E-state index contributed by atoms with van der Waals surface area (Å²) < 4.78 is 39.4. The van der Waals surface area contributed by atoms with Crippen LogP contribution in [0.2, 0.25) is 0 Å². The molecule has 3 unspecified atom stereocenters. The van der Waals surface area contributed by atoms with E-state index in [0.717, 1.165) is 17.5 Å². The fraction of sp³-hybridized carbons (Fsp3) is 0.647. The maximum absolute atomic E-state index is 13.1. The second-order valence-electron chi connectivity index (χ2n) is 6.24. The lowest BCUT2D eigenvalue weighted by Gasteiger charge is -2.35. The maximum Gasteiger partial charge on any atom is 0.392 e. The zero-order chi connectivity index (χ0) is 15.6. The minimum Gasteiger partial charge on any atom is -0.171 e. The lowest BCUT2D eigenvalue weighted by atomic mass is 9.75. The van der Waals surface area contributed by atoms with Crippen LogP contribution in [0.5, 0.6) is 0 Å². The Morgan fingerprint density at radius 2 is 1.81 bits per heavy atom. The minimum atomic E-state index is -4.12. The van der Waals surface area contributed by atoms with Crippen LogP contribution in [0.4, 0.5) is 13.2 Å². The number of alkyl halides is 4. The van der Waals surface area contributed by atoms with Crippen LogP contribution in [-0.2, 0) is 6.42 Å². The van der Waals surface area contributed by atoms with Gasteiger partial charge in [0.05, 0.1) is 5.92 Å². The molecule has 0 saturated heterocycles. The normalized spacial score (nSPS) is 24.9. The summed E-state index contributed by atoms with van der Waals surface area (Å²) in [6.45, 7) is 4.04. The Kier molecular flexibility index (Phi) is 5.24. The van der Waals surface area contributed by atoms with E-state index in [-0.39, 0.29) is 6.42 Å². The molecule has 0 heterocycles. The average Bonchev–Trinajstić information content (AvgIpc) is 2.42. The van der Waals surface area contributed by atoms with Gasteiger partial charge in [-0.25, -0.2) is 0 Å². The van der Waals surface area contributed by atoms with E-state index in [9.17, 15) is 13.2 Å². The fourth-order valence-electron chi connectivity index (χ4n) is 3.31. The van der Waals surface area contributed by atoms with Crippen LogP contribution in [0.1, 0.15) is 42.4 Å². The Bertz CT molecular complexity index is 481. The summed E-state index contributed by atoms with van der Waals surface area (Å²) in [5, 5.41) is -0.445. The van der Waals surface area contributed by atoms with Crippen LogP contribution in [0.25, 0.3) is 0 Å². The molecular formula is C17H22ClF3. The van der Waals surface area contributed by atoms with E-state index in [2.05, 4.69) is 0 Å². The number of halogens is 4. The molecule has 0 N–H and O–H groups in total. The van der Waals surface area contributed by atoms with Crippen molar-refractivity contribution >= 4 is 11.6 Å². The van der Waals surface area contributed by atoms with Crippen LogP contribution in [0, 0.1) is 25.7 Å². The smallest absolute Gasteiger partial charge is 0.171 e. The van der Waals surface area contributed by atoms with E-state index in [4.69, 9.17) is 11.6 Å². The van der Waals surface area contributed by atoms with E-state index in [0.29, 0.717) is 19.3 Å². The molecular weight excluding hydrogens is 297 g/mol. The molecule has 1 aromatic carbocycles. The minimum absolute atomic E-state index is 0.227. The third kappa shape index (κ3) is 4.15. The molecule has 0 radical (unpaired) electrons. The van der Waals surface area contributed by atoms with Crippen molar-refractivity contribution in [3.63, 3.8) is 0 Å². The Hall–Kier alpha value is -0.700. The van der Waals surface area contributed by atoms with Gasteiger partial charge in [0, 0.05) is 5.38 Å². The number of hydrogen-bond donors (Lipinski definition) is 0. The molecule has 1 saturated carbocycles. The highest BCUT2D eigenvalue weighted by Crippen LogP contribution is 2.44. The van der Waals surface area contributed by atoms with Crippen molar-refractivity contribution < 1.29 is 13.2 Å². The fourth-order valence-corrected chi connectivity index (χ4v) is 3.79. The molecule has 1 aliphatic carbocycles. The summed E-state index contributed by atoms with van der Waals surface area (Å²) in [5.41, 5.74) is 3.38. The second-order valence-corrected chi connectivity index (χ2v) is 6.80. The highest BCUT2D eigenvalue weighted by atomic mass is 35.5.